The molecule has 3 heteroatoms. The van der Waals surface area contributed by atoms with Crippen LogP contribution in [0.2, 0.25) is 0 Å². The first kappa shape index (κ1) is 28.8. The lowest BCUT2D eigenvalue weighted by Crippen LogP contribution is -2.55. The van der Waals surface area contributed by atoms with E-state index in [9.17, 15) is 15.0 Å². The standard InChI is InChI=1S/C19H30O2.C19H28O/c1-18-9-7-13(20)11-12(18)3-4-14-15-5-6-17(21)19(15,2)10-8-16(14)18;1-18-11-4-6-15(18)14-9-8-13-5-3-7-17(20)19(13,2)16(14)10-12-18/h3,13-17,20-21H,4-11H2,1-2H3;4,11,13-16H,3,5-10,12H2,1-2H3/t13-,14-,15-,16-,17-,18-,19-;13-,14+,15+,16+,18+,19+/m01/s1. The second-order valence-corrected chi connectivity index (χ2v) is 17.2. The average Bonchev–Trinajstić information content (AvgIpc) is 3.49. The SMILES string of the molecule is C[C@]12C(=O)CCC[C@@H]1CC[C@@H]1[C@@H]2CC[C@]2(C)C=CC[C@@H]12.C[C@]12CC[C@H]3[C@@H](CC=C4C[C@@H](O)CC[C@@]43C)[C@@H]1CC[C@@H]2O. The van der Waals surface area contributed by atoms with Gasteiger partial charge in [-0.2, -0.15) is 0 Å². The third kappa shape index (κ3) is 4.20. The molecule has 6 saturated carbocycles. The highest BCUT2D eigenvalue weighted by atomic mass is 16.3. The van der Waals surface area contributed by atoms with Crippen molar-refractivity contribution < 1.29 is 15.0 Å². The molecule has 0 aliphatic heterocycles. The summed E-state index contributed by atoms with van der Waals surface area (Å²) in [6, 6.07) is 0. The molecule has 8 aliphatic rings. The van der Waals surface area contributed by atoms with Gasteiger partial charge in [-0.25, -0.2) is 0 Å². The van der Waals surface area contributed by atoms with E-state index in [4.69, 9.17) is 0 Å². The number of hydrogen-bond acceptors (Lipinski definition) is 3. The van der Waals surface area contributed by atoms with E-state index >= 15 is 0 Å². The Balaban J connectivity index is 0.000000135. The summed E-state index contributed by atoms with van der Waals surface area (Å²) >= 11 is 0. The van der Waals surface area contributed by atoms with Gasteiger partial charge in [-0.1, -0.05) is 51.5 Å². The third-order valence-corrected chi connectivity index (χ3v) is 15.8. The van der Waals surface area contributed by atoms with Crippen LogP contribution in [0.15, 0.2) is 23.8 Å². The van der Waals surface area contributed by atoms with Gasteiger partial charge in [0.15, 0.2) is 0 Å². The first-order valence-electron chi connectivity index (χ1n) is 17.8. The minimum Gasteiger partial charge on any atom is -0.393 e. The normalized spacial score (nSPS) is 55.2. The number of carbonyl (C=O) groups is 1. The monoisotopic (exact) mass is 562 g/mol. The summed E-state index contributed by atoms with van der Waals surface area (Å²) < 4.78 is 0. The summed E-state index contributed by atoms with van der Waals surface area (Å²) in [5.41, 5.74) is 2.53. The lowest BCUT2D eigenvalue weighted by Gasteiger charge is -2.58. The van der Waals surface area contributed by atoms with E-state index < -0.39 is 0 Å². The Bertz CT molecular complexity index is 1110. The molecular weight excluding hydrogens is 504 g/mol. The zero-order chi connectivity index (χ0) is 28.8. The summed E-state index contributed by atoms with van der Waals surface area (Å²) in [5, 5.41) is 20.5. The maximum Gasteiger partial charge on any atom is 0.139 e. The molecule has 2 N–H and O–H groups in total. The number of aliphatic hydroxyl groups is 2. The largest absolute Gasteiger partial charge is 0.393 e. The van der Waals surface area contributed by atoms with Crippen molar-refractivity contribution in [3.05, 3.63) is 23.8 Å². The molecule has 3 nitrogen and oxygen atoms in total. The van der Waals surface area contributed by atoms with Crippen LogP contribution in [0.4, 0.5) is 0 Å². The zero-order valence-electron chi connectivity index (χ0n) is 26.5. The number of Topliss-reactive ketones (excluding diaryl/α,β-unsaturated/α-hetero) is 1. The lowest BCUT2D eigenvalue weighted by atomic mass is 9.45. The molecule has 228 valence electrons. The molecular formula is C38H58O3. The van der Waals surface area contributed by atoms with Crippen molar-refractivity contribution in [1.82, 2.24) is 0 Å². The minimum atomic E-state index is -0.108. The van der Waals surface area contributed by atoms with Crippen LogP contribution in [0.25, 0.3) is 0 Å². The van der Waals surface area contributed by atoms with Crippen molar-refractivity contribution in [1.29, 1.82) is 0 Å². The number of ketones is 1. The predicted molar refractivity (Wildman–Crippen MR) is 165 cm³/mol. The van der Waals surface area contributed by atoms with Crippen molar-refractivity contribution in [3.63, 3.8) is 0 Å². The van der Waals surface area contributed by atoms with E-state index in [1.165, 1.54) is 64.2 Å². The number of fused-ring (bicyclic) bond motifs is 10. The maximum absolute atomic E-state index is 12.8. The Labute approximate surface area is 250 Å². The fourth-order valence-corrected chi connectivity index (χ4v) is 13.2. The van der Waals surface area contributed by atoms with Gasteiger partial charge in [-0.15, -0.1) is 0 Å². The van der Waals surface area contributed by atoms with Gasteiger partial charge in [0.1, 0.15) is 5.78 Å². The quantitative estimate of drug-likeness (QED) is 0.291. The minimum absolute atomic E-state index is 0.0328. The summed E-state index contributed by atoms with van der Waals surface area (Å²) in [6.45, 7) is 9.63. The maximum atomic E-state index is 12.8. The van der Waals surface area contributed by atoms with Gasteiger partial charge < -0.3 is 10.2 Å². The first-order chi connectivity index (χ1) is 19.5. The number of allylic oxidation sites excluding steroid dienone is 3. The Morgan fingerprint density at radius 3 is 2.39 bits per heavy atom. The molecule has 0 spiro atoms. The molecule has 8 aliphatic carbocycles. The van der Waals surface area contributed by atoms with Crippen molar-refractivity contribution in [3.8, 4) is 0 Å². The second kappa shape index (κ2) is 10.0. The number of carbonyl (C=O) groups excluding carboxylic acids is 1. The summed E-state index contributed by atoms with van der Waals surface area (Å²) in [7, 11) is 0. The number of rotatable bonds is 0. The highest BCUT2D eigenvalue weighted by Crippen LogP contribution is 2.66. The van der Waals surface area contributed by atoms with Crippen LogP contribution < -0.4 is 0 Å². The van der Waals surface area contributed by atoms with Gasteiger partial charge in [0.25, 0.3) is 0 Å². The third-order valence-electron chi connectivity index (χ3n) is 15.8. The van der Waals surface area contributed by atoms with E-state index in [1.54, 1.807) is 5.57 Å². The van der Waals surface area contributed by atoms with Gasteiger partial charge in [-0.05, 0) is 154 Å². The lowest BCUT2D eigenvalue weighted by molar-refractivity contribution is -0.153. The van der Waals surface area contributed by atoms with Gasteiger partial charge in [0.2, 0.25) is 0 Å². The van der Waals surface area contributed by atoms with E-state index in [1.807, 2.05) is 0 Å². The molecule has 0 aromatic rings. The highest BCUT2D eigenvalue weighted by Gasteiger charge is 2.60. The van der Waals surface area contributed by atoms with Crippen LogP contribution in [0.5, 0.6) is 0 Å². The fraction of sp³-hybridized carbons (Fsp3) is 0.868. The molecule has 0 aromatic heterocycles. The smallest absolute Gasteiger partial charge is 0.139 e. The van der Waals surface area contributed by atoms with Gasteiger partial charge >= 0.3 is 0 Å². The molecule has 0 unspecified atom stereocenters. The molecule has 0 aromatic carbocycles. The first-order valence-corrected chi connectivity index (χ1v) is 17.8. The van der Waals surface area contributed by atoms with E-state index in [0.717, 1.165) is 62.2 Å². The Morgan fingerprint density at radius 1 is 0.756 bits per heavy atom. The Kier molecular flexibility index (Phi) is 7.06. The summed E-state index contributed by atoms with van der Waals surface area (Å²) in [6.07, 6.45) is 26.0. The van der Waals surface area contributed by atoms with Crippen molar-refractivity contribution in [2.75, 3.05) is 0 Å². The van der Waals surface area contributed by atoms with Crippen LogP contribution >= 0.6 is 0 Å². The Hall–Kier alpha value is -0.930. The van der Waals surface area contributed by atoms with Crippen molar-refractivity contribution in [2.24, 2.45) is 63.1 Å². The molecule has 0 heterocycles. The van der Waals surface area contributed by atoms with E-state index in [0.29, 0.717) is 34.4 Å². The van der Waals surface area contributed by atoms with Gasteiger partial charge in [0.05, 0.1) is 12.2 Å². The van der Waals surface area contributed by atoms with E-state index in [-0.39, 0.29) is 23.0 Å². The van der Waals surface area contributed by atoms with Gasteiger partial charge in [0, 0.05) is 11.8 Å². The molecule has 0 saturated heterocycles. The average molecular weight is 563 g/mol. The van der Waals surface area contributed by atoms with E-state index in [2.05, 4.69) is 45.9 Å². The van der Waals surface area contributed by atoms with Crippen LogP contribution in [-0.4, -0.2) is 28.2 Å². The summed E-state index contributed by atoms with van der Waals surface area (Å²) in [5.74, 6) is 5.90. The topological polar surface area (TPSA) is 57.5 Å². The number of aliphatic hydroxyl groups excluding tert-OH is 2. The summed E-state index contributed by atoms with van der Waals surface area (Å²) in [4.78, 5) is 12.8. The highest BCUT2D eigenvalue weighted by molar-refractivity contribution is 5.86. The van der Waals surface area contributed by atoms with Gasteiger partial charge in [-0.3, -0.25) is 4.79 Å². The fourth-order valence-electron chi connectivity index (χ4n) is 13.2. The molecule has 13 atom stereocenters. The van der Waals surface area contributed by atoms with Crippen LogP contribution in [-0.2, 0) is 4.79 Å². The molecule has 0 amide bonds. The predicted octanol–water partition coefficient (Wildman–Crippen LogP) is 8.44. The van der Waals surface area contributed by atoms with Crippen LogP contribution in [0.3, 0.4) is 0 Å². The molecule has 0 bridgehead atoms. The number of hydrogen-bond donors (Lipinski definition) is 2. The molecule has 6 fully saturated rings. The molecule has 41 heavy (non-hydrogen) atoms. The van der Waals surface area contributed by atoms with Crippen molar-refractivity contribution >= 4 is 5.78 Å². The van der Waals surface area contributed by atoms with Crippen LogP contribution in [0.1, 0.15) is 130 Å². The molecule has 8 rings (SSSR count). The zero-order valence-corrected chi connectivity index (χ0v) is 26.5. The molecule has 0 radical (unpaired) electrons. The Morgan fingerprint density at radius 2 is 1.56 bits per heavy atom. The van der Waals surface area contributed by atoms with Crippen molar-refractivity contribution in [2.45, 2.75) is 143 Å². The second-order valence-electron chi connectivity index (χ2n) is 17.2. The van der Waals surface area contributed by atoms with Crippen LogP contribution in [0, 0.1) is 63.1 Å².